The van der Waals surface area contributed by atoms with Gasteiger partial charge in [-0.3, -0.25) is 0 Å². The van der Waals surface area contributed by atoms with Crippen LogP contribution in [0.4, 0.5) is 0 Å². The summed E-state index contributed by atoms with van der Waals surface area (Å²) in [6.45, 7) is 2.64. The monoisotopic (exact) mass is 185 g/mol. The van der Waals surface area contributed by atoms with E-state index in [1.165, 1.54) is 11.5 Å². The molecule has 4 nitrogen and oxygen atoms in total. The second kappa shape index (κ2) is 3.93. The van der Waals surface area contributed by atoms with Crippen LogP contribution in [0.3, 0.4) is 0 Å². The van der Waals surface area contributed by atoms with E-state index in [2.05, 4.69) is 14.9 Å². The van der Waals surface area contributed by atoms with Gasteiger partial charge in [0.15, 0.2) is 0 Å². The first-order valence-electron chi connectivity index (χ1n) is 4.03. The molecule has 1 fully saturated rings. The molecule has 1 N–H and O–H groups in total. The van der Waals surface area contributed by atoms with Gasteiger partial charge in [0.2, 0.25) is 0 Å². The lowest BCUT2D eigenvalue weighted by atomic mass is 10.3. The van der Waals surface area contributed by atoms with Crippen molar-refractivity contribution in [3.05, 3.63) is 11.1 Å². The van der Waals surface area contributed by atoms with Crippen LogP contribution in [-0.2, 0) is 11.3 Å². The maximum atomic E-state index is 5.59. The molecule has 0 amide bonds. The van der Waals surface area contributed by atoms with Gasteiger partial charge in [0, 0.05) is 11.9 Å². The van der Waals surface area contributed by atoms with Crippen LogP contribution in [0, 0.1) is 0 Å². The topological polar surface area (TPSA) is 47.0 Å². The molecular weight excluding hydrogens is 174 g/mol. The van der Waals surface area contributed by atoms with Crippen molar-refractivity contribution in [1.29, 1.82) is 0 Å². The minimum absolute atomic E-state index is 0.367. The summed E-state index contributed by atoms with van der Waals surface area (Å²) in [4.78, 5) is 0. The van der Waals surface area contributed by atoms with Gasteiger partial charge in [-0.25, -0.2) is 0 Å². The Kier molecular flexibility index (Phi) is 2.65. The van der Waals surface area contributed by atoms with Crippen LogP contribution < -0.4 is 5.32 Å². The lowest BCUT2D eigenvalue weighted by molar-refractivity contribution is 0.0522. The molecule has 66 valence electrons. The van der Waals surface area contributed by atoms with Gasteiger partial charge < -0.3 is 10.1 Å². The van der Waals surface area contributed by atoms with Crippen LogP contribution in [0.2, 0.25) is 0 Å². The molecule has 1 aliphatic heterocycles. The van der Waals surface area contributed by atoms with E-state index >= 15 is 0 Å². The number of aromatic nitrogens is 2. The maximum Gasteiger partial charge on any atom is 0.101 e. The Morgan fingerprint density at radius 2 is 2.75 bits per heavy atom. The molecule has 2 heterocycles. The standard InChI is InChI=1S/C7H11N3OS/c1-2-8-3-7(1)11-4-6-5-12-10-9-6/h5,7-8H,1-4H2. The fourth-order valence-electron chi connectivity index (χ4n) is 1.22. The van der Waals surface area contributed by atoms with E-state index in [1.807, 2.05) is 5.38 Å². The molecule has 1 aromatic heterocycles. The van der Waals surface area contributed by atoms with E-state index in [0.717, 1.165) is 25.2 Å². The number of nitrogens with one attached hydrogen (secondary N) is 1. The quantitative estimate of drug-likeness (QED) is 0.741. The molecule has 0 bridgehead atoms. The van der Waals surface area contributed by atoms with Crippen molar-refractivity contribution in [3.8, 4) is 0 Å². The minimum atomic E-state index is 0.367. The number of hydrogen-bond donors (Lipinski definition) is 1. The number of ether oxygens (including phenoxy) is 1. The molecule has 0 aromatic carbocycles. The van der Waals surface area contributed by atoms with Crippen LogP contribution in [0.1, 0.15) is 12.1 Å². The molecule has 1 atom stereocenters. The molecule has 12 heavy (non-hydrogen) atoms. The van der Waals surface area contributed by atoms with Gasteiger partial charge in [0.1, 0.15) is 5.69 Å². The van der Waals surface area contributed by atoms with Crippen LogP contribution in [-0.4, -0.2) is 28.8 Å². The van der Waals surface area contributed by atoms with Gasteiger partial charge in [-0.1, -0.05) is 4.49 Å². The van der Waals surface area contributed by atoms with Gasteiger partial charge in [-0.05, 0) is 24.5 Å². The largest absolute Gasteiger partial charge is 0.370 e. The van der Waals surface area contributed by atoms with Crippen LogP contribution in [0.5, 0.6) is 0 Å². The zero-order valence-electron chi connectivity index (χ0n) is 6.69. The van der Waals surface area contributed by atoms with Crippen molar-refractivity contribution in [3.63, 3.8) is 0 Å². The Labute approximate surface area is 75.1 Å². The van der Waals surface area contributed by atoms with Crippen molar-refractivity contribution in [1.82, 2.24) is 14.9 Å². The second-order valence-electron chi connectivity index (χ2n) is 2.82. The summed E-state index contributed by atoms with van der Waals surface area (Å²) >= 11 is 1.37. The van der Waals surface area contributed by atoms with Crippen LogP contribution in [0.25, 0.3) is 0 Å². The van der Waals surface area contributed by atoms with Gasteiger partial charge in [-0.15, -0.1) is 5.10 Å². The molecule has 0 aliphatic carbocycles. The molecule has 0 saturated carbocycles. The molecule has 0 radical (unpaired) electrons. The minimum Gasteiger partial charge on any atom is -0.370 e. The Morgan fingerprint density at radius 3 is 3.42 bits per heavy atom. The third kappa shape index (κ3) is 2.00. The van der Waals surface area contributed by atoms with Gasteiger partial charge in [-0.2, -0.15) is 0 Å². The van der Waals surface area contributed by atoms with Crippen molar-refractivity contribution in [2.45, 2.75) is 19.1 Å². The number of rotatable bonds is 3. The van der Waals surface area contributed by atoms with E-state index in [0.29, 0.717) is 12.7 Å². The zero-order valence-corrected chi connectivity index (χ0v) is 7.51. The average molecular weight is 185 g/mol. The highest BCUT2D eigenvalue weighted by molar-refractivity contribution is 7.03. The zero-order chi connectivity index (χ0) is 8.23. The second-order valence-corrected chi connectivity index (χ2v) is 3.43. The molecule has 1 saturated heterocycles. The normalized spacial score (nSPS) is 23.2. The Bertz CT molecular complexity index is 221. The Hall–Kier alpha value is -0.520. The third-order valence-electron chi connectivity index (χ3n) is 1.89. The summed E-state index contributed by atoms with van der Waals surface area (Å²) in [5.41, 5.74) is 0.937. The number of nitrogens with zero attached hydrogens (tertiary/aromatic N) is 2. The lowest BCUT2D eigenvalue weighted by Gasteiger charge is -2.07. The first-order valence-corrected chi connectivity index (χ1v) is 4.87. The third-order valence-corrected chi connectivity index (χ3v) is 2.44. The lowest BCUT2D eigenvalue weighted by Crippen LogP contribution is -2.16. The predicted molar refractivity (Wildman–Crippen MR) is 46.0 cm³/mol. The summed E-state index contributed by atoms with van der Waals surface area (Å²) < 4.78 is 9.35. The van der Waals surface area contributed by atoms with E-state index in [1.54, 1.807) is 0 Å². The SMILES string of the molecule is c1snnc1COC1CCNC1. The smallest absolute Gasteiger partial charge is 0.101 e. The Morgan fingerprint density at radius 1 is 1.75 bits per heavy atom. The van der Waals surface area contributed by atoms with Gasteiger partial charge >= 0.3 is 0 Å². The van der Waals surface area contributed by atoms with Crippen LogP contribution in [0.15, 0.2) is 5.38 Å². The highest BCUT2D eigenvalue weighted by Crippen LogP contribution is 2.07. The van der Waals surface area contributed by atoms with E-state index in [9.17, 15) is 0 Å². The van der Waals surface area contributed by atoms with Crippen molar-refractivity contribution in [2.75, 3.05) is 13.1 Å². The fraction of sp³-hybridized carbons (Fsp3) is 0.714. The average Bonchev–Trinajstić information content (AvgIpc) is 2.74. The van der Waals surface area contributed by atoms with Crippen molar-refractivity contribution < 1.29 is 4.74 Å². The Balaban J connectivity index is 1.74. The maximum absolute atomic E-state index is 5.59. The fourth-order valence-corrected chi connectivity index (χ4v) is 1.66. The summed E-state index contributed by atoms with van der Waals surface area (Å²) in [6.07, 6.45) is 1.48. The van der Waals surface area contributed by atoms with E-state index in [4.69, 9.17) is 4.74 Å². The van der Waals surface area contributed by atoms with Gasteiger partial charge in [0.05, 0.1) is 12.7 Å². The van der Waals surface area contributed by atoms with Crippen LogP contribution >= 0.6 is 11.5 Å². The van der Waals surface area contributed by atoms with Crippen molar-refractivity contribution >= 4 is 11.5 Å². The van der Waals surface area contributed by atoms with Crippen molar-refractivity contribution in [2.24, 2.45) is 0 Å². The summed E-state index contributed by atoms with van der Waals surface area (Å²) in [6, 6.07) is 0. The molecule has 2 rings (SSSR count). The molecule has 0 spiro atoms. The number of hydrogen-bond acceptors (Lipinski definition) is 5. The summed E-state index contributed by atoms with van der Waals surface area (Å²) in [7, 11) is 0. The first-order chi connectivity index (χ1) is 5.95. The highest BCUT2D eigenvalue weighted by Gasteiger charge is 2.14. The summed E-state index contributed by atoms with van der Waals surface area (Å²) in [5.74, 6) is 0. The van der Waals surface area contributed by atoms with Gasteiger partial charge in [0.25, 0.3) is 0 Å². The first kappa shape index (κ1) is 8.10. The van der Waals surface area contributed by atoms with E-state index in [-0.39, 0.29) is 0 Å². The molecule has 1 aliphatic rings. The highest BCUT2D eigenvalue weighted by atomic mass is 32.1. The predicted octanol–water partition coefficient (Wildman–Crippen LogP) is 0.417. The molecule has 1 unspecified atom stereocenters. The van der Waals surface area contributed by atoms with E-state index < -0.39 is 0 Å². The molecule has 5 heteroatoms. The molecule has 1 aromatic rings. The summed E-state index contributed by atoms with van der Waals surface area (Å²) in [5, 5.41) is 9.06. The molecular formula is C7H11N3OS.